The van der Waals surface area contributed by atoms with Crippen molar-refractivity contribution in [2.75, 3.05) is 32.9 Å². The predicted octanol–water partition coefficient (Wildman–Crippen LogP) is 4.16. The van der Waals surface area contributed by atoms with E-state index in [1.54, 1.807) is 58.0 Å². The molecule has 0 unspecified atom stereocenters. The maximum atomic E-state index is 14.6. The summed E-state index contributed by atoms with van der Waals surface area (Å²) in [6.45, 7) is 15.4. The van der Waals surface area contributed by atoms with Gasteiger partial charge in [-0.15, -0.1) is 0 Å². The lowest BCUT2D eigenvalue weighted by Gasteiger charge is -2.68. The fourth-order valence-corrected chi connectivity index (χ4v) is 10.7. The van der Waals surface area contributed by atoms with E-state index in [-0.39, 0.29) is 18.6 Å². The number of carbonyl (C=O) groups is 4. The van der Waals surface area contributed by atoms with Crippen LogP contribution in [-0.2, 0) is 42.7 Å². The number of halogens is 1. The molecule has 60 heavy (non-hydrogen) atoms. The number of carbonyl (C=O) groups excluding carboxylic acids is 4. The SMILES string of the molecule is CC(=O)O[C@@]12CO[C@@H]1CC[C@@]1(C)[C@@H]3O[C@H](CN4CCC4)O[C@@H]3C3=C(C)[C@@H](OC(=O)[C@](C)(O)[C@H](CF)NC(=O)OC(C)(C)C)C[C@@](O)([C@@H](OC(=O)c4ccccc4)[C@@H]12)C3(C)C. The van der Waals surface area contributed by atoms with Crippen molar-refractivity contribution < 1.29 is 66.9 Å². The van der Waals surface area contributed by atoms with Gasteiger partial charge in [0.1, 0.15) is 42.3 Å². The first-order valence-electron chi connectivity index (χ1n) is 21.0. The first-order valence-corrected chi connectivity index (χ1v) is 21.0. The molecule has 5 fully saturated rings. The van der Waals surface area contributed by atoms with E-state index in [0.29, 0.717) is 30.5 Å². The average Bonchev–Trinajstić information content (AvgIpc) is 3.55. The number of ether oxygens (including phenoxy) is 7. The van der Waals surface area contributed by atoms with Crippen molar-refractivity contribution in [2.45, 2.75) is 153 Å². The third-order valence-electron chi connectivity index (χ3n) is 14.1. The summed E-state index contributed by atoms with van der Waals surface area (Å²) < 4.78 is 58.9. The van der Waals surface area contributed by atoms with Crippen molar-refractivity contribution in [1.29, 1.82) is 0 Å². The van der Waals surface area contributed by atoms with Crippen LogP contribution in [0.25, 0.3) is 0 Å². The Morgan fingerprint density at radius 3 is 2.30 bits per heavy atom. The van der Waals surface area contributed by atoms with Gasteiger partial charge in [0.05, 0.1) is 30.2 Å². The molecule has 6 aliphatic rings. The van der Waals surface area contributed by atoms with Crippen LogP contribution in [-0.4, -0.2) is 137 Å². The normalized spacial score (nSPS) is 37.2. The summed E-state index contributed by atoms with van der Waals surface area (Å²) in [4.78, 5) is 56.5. The molecule has 3 aliphatic carbocycles. The average molecular weight is 845 g/mol. The van der Waals surface area contributed by atoms with E-state index in [1.807, 2.05) is 20.8 Å². The minimum absolute atomic E-state index is 0.0406. The Bertz CT molecular complexity index is 1880. The number of likely N-dealkylation sites (tertiary alicyclic amines) is 1. The molecule has 2 saturated carbocycles. The molecule has 3 N–H and O–H groups in total. The molecule has 3 aliphatic heterocycles. The van der Waals surface area contributed by atoms with Gasteiger partial charge in [-0.2, -0.15) is 0 Å². The van der Waals surface area contributed by atoms with Crippen molar-refractivity contribution in [1.82, 2.24) is 10.2 Å². The molecule has 1 amide bonds. The van der Waals surface area contributed by atoms with Gasteiger partial charge in [-0.25, -0.2) is 18.8 Å². The van der Waals surface area contributed by atoms with E-state index in [2.05, 4.69) is 10.2 Å². The molecule has 12 atom stereocenters. The second kappa shape index (κ2) is 15.6. The number of nitrogens with zero attached hydrogens (tertiary/aromatic N) is 1. The van der Waals surface area contributed by atoms with Gasteiger partial charge in [0.2, 0.25) is 0 Å². The number of aliphatic hydroxyl groups is 2. The van der Waals surface area contributed by atoms with Crippen LogP contribution < -0.4 is 5.32 Å². The highest BCUT2D eigenvalue weighted by Gasteiger charge is 2.77. The summed E-state index contributed by atoms with van der Waals surface area (Å²) in [5.74, 6) is -3.57. The summed E-state index contributed by atoms with van der Waals surface area (Å²) in [7, 11) is 0. The number of benzene rings is 1. The Morgan fingerprint density at radius 2 is 1.73 bits per heavy atom. The summed E-state index contributed by atoms with van der Waals surface area (Å²) in [5.41, 5.74) is -8.07. The molecule has 1 aromatic rings. The first kappa shape index (κ1) is 44.4. The van der Waals surface area contributed by atoms with Crippen LogP contribution in [0.5, 0.6) is 0 Å². The van der Waals surface area contributed by atoms with Crippen LogP contribution in [0, 0.1) is 16.7 Å². The van der Waals surface area contributed by atoms with Crippen molar-refractivity contribution in [3.05, 3.63) is 47.0 Å². The van der Waals surface area contributed by atoms with Gasteiger partial charge in [0.15, 0.2) is 17.5 Å². The van der Waals surface area contributed by atoms with Gasteiger partial charge in [-0.1, -0.05) is 39.0 Å². The molecule has 7 rings (SSSR count). The maximum Gasteiger partial charge on any atom is 0.408 e. The smallest absolute Gasteiger partial charge is 0.408 e. The lowest BCUT2D eigenvalue weighted by Crippen LogP contribution is -2.79. The monoisotopic (exact) mass is 844 g/mol. The Hall–Kier alpha value is -3.67. The standard InChI is InChI=1S/C44H61FN2O13/c1-24-27(55-37(50)42(9,52)28(21-45)46-38(51)60-39(3,4)5)20-44(53)35(58-36(49)26-14-11-10-12-15-26)33-41(8,17-16-29-43(33,23-54-29)59-25(2)48)34-32(31(24)40(44,6)7)56-30(57-34)22-47-18-13-19-47/h10-12,14-15,27-30,32-35,52-53H,13,16-23H2,1-9H3,(H,46,51)/t27-,28-,29+,30+,32+,33-,34+,35-,41+,42+,43-,44+/m0/s1. The minimum Gasteiger partial charge on any atom is -0.456 e. The van der Waals surface area contributed by atoms with Crippen molar-refractivity contribution in [2.24, 2.45) is 16.7 Å². The van der Waals surface area contributed by atoms with Gasteiger partial charge in [0.25, 0.3) is 0 Å². The lowest BCUT2D eigenvalue weighted by molar-refractivity contribution is -0.345. The molecule has 3 saturated heterocycles. The fraction of sp³-hybridized carbons (Fsp3) is 0.727. The number of amides is 1. The molecule has 1 aromatic carbocycles. The van der Waals surface area contributed by atoms with Crippen molar-refractivity contribution in [3.8, 4) is 0 Å². The summed E-state index contributed by atoms with van der Waals surface area (Å²) in [6, 6.07) is 6.55. The third kappa shape index (κ3) is 7.42. The van der Waals surface area contributed by atoms with E-state index in [9.17, 15) is 33.8 Å². The molecule has 15 nitrogen and oxygen atoms in total. The molecule has 3 heterocycles. The second-order valence-corrected chi connectivity index (χ2v) is 19.5. The molecule has 0 aromatic heterocycles. The number of esters is 3. The van der Waals surface area contributed by atoms with Gasteiger partial charge in [0, 0.05) is 30.7 Å². The molecular formula is C44H61FN2O13. The molecule has 332 valence electrons. The number of rotatable bonds is 10. The summed E-state index contributed by atoms with van der Waals surface area (Å²) in [6.07, 6.45) is -5.09. The van der Waals surface area contributed by atoms with E-state index >= 15 is 0 Å². The number of alkyl carbamates (subject to hydrolysis) is 1. The molecule has 0 spiro atoms. The van der Waals surface area contributed by atoms with Crippen LogP contribution in [0.1, 0.15) is 98.4 Å². The Balaban J connectivity index is 1.38. The molecule has 2 bridgehead atoms. The Morgan fingerprint density at radius 1 is 1.05 bits per heavy atom. The van der Waals surface area contributed by atoms with Gasteiger partial charge in [-0.3, -0.25) is 9.69 Å². The van der Waals surface area contributed by atoms with E-state index in [1.165, 1.54) is 6.92 Å². The quantitative estimate of drug-likeness (QED) is 0.173. The third-order valence-corrected chi connectivity index (χ3v) is 14.1. The zero-order chi connectivity index (χ0) is 43.8. The first-order chi connectivity index (χ1) is 28.0. The highest BCUT2D eigenvalue weighted by Crippen LogP contribution is 2.66. The van der Waals surface area contributed by atoms with Crippen LogP contribution in [0.15, 0.2) is 41.5 Å². The topological polar surface area (TPSA) is 189 Å². The molecule has 0 radical (unpaired) electrons. The van der Waals surface area contributed by atoms with Crippen molar-refractivity contribution >= 4 is 24.0 Å². The van der Waals surface area contributed by atoms with Crippen LogP contribution >= 0.6 is 0 Å². The van der Waals surface area contributed by atoms with E-state index in [4.69, 9.17) is 33.2 Å². The number of fused-ring (bicyclic) bond motifs is 8. The Kier molecular flexibility index (Phi) is 11.5. The van der Waals surface area contributed by atoms with E-state index in [0.717, 1.165) is 26.4 Å². The van der Waals surface area contributed by atoms with Crippen molar-refractivity contribution in [3.63, 3.8) is 0 Å². The number of nitrogens with one attached hydrogen (secondary N) is 1. The largest absolute Gasteiger partial charge is 0.456 e. The number of hydrogen-bond acceptors (Lipinski definition) is 14. The van der Waals surface area contributed by atoms with Gasteiger partial charge >= 0.3 is 24.0 Å². The predicted molar refractivity (Wildman–Crippen MR) is 211 cm³/mol. The zero-order valence-corrected chi connectivity index (χ0v) is 36.1. The summed E-state index contributed by atoms with van der Waals surface area (Å²) in [5, 5.41) is 27.7. The highest BCUT2D eigenvalue weighted by atomic mass is 19.1. The van der Waals surface area contributed by atoms with Gasteiger partial charge < -0.3 is 48.7 Å². The molecular weight excluding hydrogens is 783 g/mol. The highest BCUT2D eigenvalue weighted by molar-refractivity contribution is 5.89. The number of hydrogen-bond donors (Lipinski definition) is 3. The summed E-state index contributed by atoms with van der Waals surface area (Å²) >= 11 is 0. The minimum atomic E-state index is -2.62. The van der Waals surface area contributed by atoms with E-state index < -0.39 is 113 Å². The molecule has 16 heteroatoms. The van der Waals surface area contributed by atoms with Gasteiger partial charge in [-0.05, 0) is 90.2 Å². The zero-order valence-electron chi connectivity index (χ0n) is 36.1. The lowest BCUT2D eigenvalue weighted by atomic mass is 9.45. The van der Waals surface area contributed by atoms with Crippen LogP contribution in [0.2, 0.25) is 0 Å². The number of alkyl halides is 1. The second-order valence-electron chi connectivity index (χ2n) is 19.5. The van der Waals surface area contributed by atoms with Crippen LogP contribution in [0.3, 0.4) is 0 Å². The Labute approximate surface area is 350 Å². The van der Waals surface area contributed by atoms with Crippen LogP contribution in [0.4, 0.5) is 9.18 Å². The maximum absolute atomic E-state index is 14.6. The fourth-order valence-electron chi connectivity index (χ4n) is 10.7.